The van der Waals surface area contributed by atoms with Gasteiger partial charge in [-0.15, -0.1) is 4.98 Å². The van der Waals surface area contributed by atoms with Crippen molar-refractivity contribution in [3.63, 3.8) is 0 Å². The lowest BCUT2D eigenvalue weighted by Gasteiger charge is -2.13. The Balaban J connectivity index is 2.62. The molecule has 0 bridgehead atoms. The van der Waals surface area contributed by atoms with E-state index in [0.29, 0.717) is 5.82 Å². The predicted molar refractivity (Wildman–Crippen MR) is 57.9 cm³/mol. The SMILES string of the molecule is [C-]#[N+]c1cc2nc(C(C)(C)C)cn2cn1. The number of nitrogens with zero attached hydrogens (tertiary/aromatic N) is 4. The molecule has 2 heterocycles. The highest BCUT2D eigenvalue weighted by Crippen LogP contribution is 2.22. The fourth-order valence-corrected chi connectivity index (χ4v) is 1.30. The average Bonchev–Trinajstić information content (AvgIpc) is 2.59. The second-order valence-electron chi connectivity index (χ2n) is 4.50. The number of aromatic nitrogens is 3. The number of fused-ring (bicyclic) bond motifs is 1. The molecule has 4 nitrogen and oxygen atoms in total. The summed E-state index contributed by atoms with van der Waals surface area (Å²) in [5, 5.41) is 0. The van der Waals surface area contributed by atoms with E-state index < -0.39 is 0 Å². The van der Waals surface area contributed by atoms with Crippen LogP contribution in [0.3, 0.4) is 0 Å². The molecule has 2 aromatic heterocycles. The Kier molecular flexibility index (Phi) is 1.97. The summed E-state index contributed by atoms with van der Waals surface area (Å²) >= 11 is 0. The molecule has 2 aromatic rings. The fourth-order valence-electron chi connectivity index (χ4n) is 1.30. The molecule has 0 unspecified atom stereocenters. The fraction of sp³-hybridized carbons (Fsp3) is 0.364. The first-order valence-electron chi connectivity index (χ1n) is 4.73. The van der Waals surface area contributed by atoms with Crippen LogP contribution < -0.4 is 0 Å². The summed E-state index contributed by atoms with van der Waals surface area (Å²) < 4.78 is 1.84. The number of imidazole rings is 1. The Bertz CT molecular complexity index is 540. The van der Waals surface area contributed by atoms with Gasteiger partial charge >= 0.3 is 0 Å². The number of rotatable bonds is 0. The van der Waals surface area contributed by atoms with E-state index in [9.17, 15) is 0 Å². The van der Waals surface area contributed by atoms with E-state index in [1.54, 1.807) is 12.4 Å². The van der Waals surface area contributed by atoms with Gasteiger partial charge in [0.1, 0.15) is 5.65 Å². The Morgan fingerprint density at radius 1 is 1.40 bits per heavy atom. The standard InChI is InChI=1S/C11H12N4/c1-11(2,3)8-6-15-7-13-9(12-4)5-10(15)14-8/h5-7H,1-3H3. The average molecular weight is 200 g/mol. The molecule has 0 aliphatic rings. The highest BCUT2D eigenvalue weighted by molar-refractivity contribution is 5.51. The number of hydrogen-bond donors (Lipinski definition) is 0. The van der Waals surface area contributed by atoms with Gasteiger partial charge in [0.25, 0.3) is 5.82 Å². The molecule has 0 amide bonds. The monoisotopic (exact) mass is 200 g/mol. The summed E-state index contributed by atoms with van der Waals surface area (Å²) in [6.07, 6.45) is 3.58. The van der Waals surface area contributed by atoms with Crippen LogP contribution in [-0.2, 0) is 5.41 Å². The largest absolute Gasteiger partial charge is 0.360 e. The highest BCUT2D eigenvalue weighted by atomic mass is 15.1. The zero-order valence-electron chi connectivity index (χ0n) is 9.02. The molecule has 2 rings (SSSR count). The molecule has 0 saturated carbocycles. The van der Waals surface area contributed by atoms with Crippen molar-refractivity contribution in [2.45, 2.75) is 26.2 Å². The van der Waals surface area contributed by atoms with E-state index in [4.69, 9.17) is 6.57 Å². The van der Waals surface area contributed by atoms with Gasteiger partial charge in [-0.25, -0.2) is 4.98 Å². The van der Waals surface area contributed by atoms with E-state index in [1.807, 2.05) is 10.6 Å². The van der Waals surface area contributed by atoms with Gasteiger partial charge in [-0.05, 0) is 0 Å². The quantitative estimate of drug-likeness (QED) is 0.612. The molecular weight excluding hydrogens is 188 g/mol. The van der Waals surface area contributed by atoms with E-state index in [2.05, 4.69) is 35.6 Å². The molecule has 0 aromatic carbocycles. The van der Waals surface area contributed by atoms with E-state index >= 15 is 0 Å². The smallest absolute Gasteiger partial charge is 0.274 e. The summed E-state index contributed by atoms with van der Waals surface area (Å²) in [4.78, 5) is 11.7. The van der Waals surface area contributed by atoms with Gasteiger partial charge in [-0.2, -0.15) is 0 Å². The first-order valence-corrected chi connectivity index (χ1v) is 4.73. The Morgan fingerprint density at radius 3 is 2.73 bits per heavy atom. The van der Waals surface area contributed by atoms with Gasteiger partial charge in [0, 0.05) is 17.7 Å². The van der Waals surface area contributed by atoms with E-state index in [-0.39, 0.29) is 5.41 Å². The topological polar surface area (TPSA) is 34.5 Å². The highest BCUT2D eigenvalue weighted by Gasteiger charge is 2.17. The maximum Gasteiger partial charge on any atom is 0.274 e. The minimum Gasteiger partial charge on any atom is -0.360 e. The van der Waals surface area contributed by atoms with E-state index in [1.165, 1.54) is 0 Å². The Hall–Kier alpha value is -1.89. The molecule has 0 aliphatic carbocycles. The second-order valence-corrected chi connectivity index (χ2v) is 4.50. The molecule has 0 atom stereocenters. The predicted octanol–water partition coefficient (Wildman–Crippen LogP) is 2.58. The molecule has 0 spiro atoms. The lowest BCUT2D eigenvalue weighted by molar-refractivity contribution is 0.573. The van der Waals surface area contributed by atoms with Crippen LogP contribution in [-0.4, -0.2) is 14.4 Å². The normalized spacial score (nSPS) is 11.6. The lowest BCUT2D eigenvalue weighted by atomic mass is 9.93. The summed E-state index contributed by atoms with van der Waals surface area (Å²) in [7, 11) is 0. The van der Waals surface area contributed by atoms with Crippen molar-refractivity contribution in [1.29, 1.82) is 0 Å². The maximum atomic E-state index is 6.87. The van der Waals surface area contributed by atoms with Gasteiger partial charge < -0.3 is 4.85 Å². The van der Waals surface area contributed by atoms with Crippen LogP contribution >= 0.6 is 0 Å². The Morgan fingerprint density at radius 2 is 2.13 bits per heavy atom. The molecule has 0 radical (unpaired) electrons. The van der Waals surface area contributed by atoms with Crippen molar-refractivity contribution in [2.75, 3.05) is 0 Å². The van der Waals surface area contributed by atoms with Gasteiger partial charge in [0.2, 0.25) is 0 Å². The minimum atomic E-state index is 0.0181. The molecular formula is C11H12N4. The van der Waals surface area contributed by atoms with E-state index in [0.717, 1.165) is 11.3 Å². The van der Waals surface area contributed by atoms with Crippen LogP contribution in [0.5, 0.6) is 0 Å². The van der Waals surface area contributed by atoms with Gasteiger partial charge in [-0.1, -0.05) is 27.3 Å². The van der Waals surface area contributed by atoms with Crippen LogP contribution in [0.4, 0.5) is 5.82 Å². The molecule has 15 heavy (non-hydrogen) atoms. The van der Waals surface area contributed by atoms with Crippen LogP contribution in [0.2, 0.25) is 0 Å². The van der Waals surface area contributed by atoms with Crippen LogP contribution in [0.15, 0.2) is 18.6 Å². The molecule has 76 valence electrons. The van der Waals surface area contributed by atoms with Crippen molar-refractivity contribution in [1.82, 2.24) is 14.4 Å². The van der Waals surface area contributed by atoms with Crippen molar-refractivity contribution in [3.05, 3.63) is 35.7 Å². The molecule has 4 heteroatoms. The third-order valence-corrected chi connectivity index (χ3v) is 2.22. The number of hydrogen-bond acceptors (Lipinski definition) is 2. The third kappa shape index (κ3) is 1.68. The summed E-state index contributed by atoms with van der Waals surface area (Å²) in [5.74, 6) is 0.383. The van der Waals surface area contributed by atoms with Crippen LogP contribution in [0.25, 0.3) is 10.5 Å². The van der Waals surface area contributed by atoms with Crippen molar-refractivity contribution in [3.8, 4) is 0 Å². The zero-order chi connectivity index (χ0) is 11.1. The van der Waals surface area contributed by atoms with Crippen molar-refractivity contribution >= 4 is 11.5 Å². The first kappa shape index (κ1) is 9.66. The molecule has 0 fully saturated rings. The van der Waals surface area contributed by atoms with Crippen LogP contribution in [0.1, 0.15) is 26.5 Å². The second kappa shape index (κ2) is 3.06. The van der Waals surface area contributed by atoms with Gasteiger partial charge in [-0.3, -0.25) is 4.40 Å². The molecule has 0 saturated heterocycles. The summed E-state index contributed by atoms with van der Waals surface area (Å²) in [5.41, 5.74) is 1.80. The lowest BCUT2D eigenvalue weighted by Crippen LogP contribution is -2.11. The first-order chi connectivity index (χ1) is 7.00. The van der Waals surface area contributed by atoms with Gasteiger partial charge in [0.15, 0.2) is 6.33 Å². The summed E-state index contributed by atoms with van der Waals surface area (Å²) in [6, 6.07) is 1.70. The van der Waals surface area contributed by atoms with Crippen molar-refractivity contribution in [2.24, 2.45) is 0 Å². The van der Waals surface area contributed by atoms with Crippen LogP contribution in [0, 0.1) is 6.57 Å². The minimum absolute atomic E-state index is 0.0181. The molecule has 0 N–H and O–H groups in total. The van der Waals surface area contributed by atoms with Gasteiger partial charge in [0.05, 0.1) is 5.69 Å². The third-order valence-electron chi connectivity index (χ3n) is 2.22. The zero-order valence-corrected chi connectivity index (χ0v) is 9.02. The molecule has 0 aliphatic heterocycles. The summed E-state index contributed by atoms with van der Waals surface area (Å²) in [6.45, 7) is 13.2. The Labute approximate surface area is 88.4 Å². The van der Waals surface area contributed by atoms with Crippen molar-refractivity contribution < 1.29 is 0 Å². The maximum absolute atomic E-state index is 6.87.